The predicted octanol–water partition coefficient (Wildman–Crippen LogP) is 2.98. The summed E-state index contributed by atoms with van der Waals surface area (Å²) >= 11 is 0. The fourth-order valence-electron chi connectivity index (χ4n) is 1.81. The first-order valence-electron chi connectivity index (χ1n) is 5.22. The molecule has 3 aromatic rings. The zero-order valence-corrected chi connectivity index (χ0v) is 9.24. The molecule has 2 aromatic heterocycles. The molecule has 0 bridgehead atoms. The molecule has 0 aliphatic carbocycles. The molecule has 3 rings (SSSR count). The fourth-order valence-corrected chi connectivity index (χ4v) is 1.81. The van der Waals surface area contributed by atoms with E-state index in [-0.39, 0.29) is 0 Å². The Balaban J connectivity index is 2.39. The summed E-state index contributed by atoms with van der Waals surface area (Å²) < 4.78 is 54.2. The molecule has 0 saturated carbocycles. The van der Waals surface area contributed by atoms with Crippen LogP contribution in [0.15, 0.2) is 30.5 Å². The van der Waals surface area contributed by atoms with Crippen molar-refractivity contribution in [3.05, 3.63) is 54.0 Å². The summed E-state index contributed by atoms with van der Waals surface area (Å²) in [5.41, 5.74) is -0.600. The van der Waals surface area contributed by atoms with Crippen molar-refractivity contribution in [3.63, 3.8) is 0 Å². The van der Waals surface area contributed by atoms with Gasteiger partial charge in [-0.3, -0.25) is 0 Å². The number of hydrogen-bond acceptors (Lipinski definition) is 2. The van der Waals surface area contributed by atoms with Gasteiger partial charge in [-0.25, -0.2) is 4.68 Å². The van der Waals surface area contributed by atoms with Gasteiger partial charge in [0, 0.05) is 5.39 Å². The lowest BCUT2D eigenvalue weighted by molar-refractivity contribution is 0.401. The van der Waals surface area contributed by atoms with Crippen LogP contribution < -0.4 is 0 Å². The van der Waals surface area contributed by atoms with E-state index in [4.69, 9.17) is 0 Å². The number of hydrogen-bond donors (Lipinski definition) is 0. The van der Waals surface area contributed by atoms with Crippen molar-refractivity contribution in [3.8, 4) is 5.69 Å². The van der Waals surface area contributed by atoms with Crippen LogP contribution in [0.3, 0.4) is 0 Å². The van der Waals surface area contributed by atoms with Gasteiger partial charge in [0.25, 0.3) is 11.9 Å². The van der Waals surface area contributed by atoms with E-state index in [0.717, 1.165) is 4.68 Å². The first kappa shape index (κ1) is 11.6. The van der Waals surface area contributed by atoms with Crippen LogP contribution in [0.5, 0.6) is 0 Å². The van der Waals surface area contributed by atoms with Crippen LogP contribution in [-0.4, -0.2) is 14.8 Å². The van der Waals surface area contributed by atoms with Crippen molar-refractivity contribution < 1.29 is 17.6 Å². The van der Waals surface area contributed by atoms with E-state index in [1.807, 2.05) is 0 Å². The minimum Gasteiger partial charge on any atom is -0.227 e. The predicted molar refractivity (Wildman–Crippen MR) is 58.7 cm³/mol. The number of para-hydroxylation sites is 1. The molecule has 1 aromatic carbocycles. The maximum atomic E-state index is 13.6. The fraction of sp³-hybridized carbons (Fsp3) is 0. The maximum Gasteiger partial charge on any atom is 0.254 e. The second kappa shape index (κ2) is 4.04. The van der Waals surface area contributed by atoms with Crippen molar-refractivity contribution in [1.29, 1.82) is 0 Å². The van der Waals surface area contributed by atoms with Crippen LogP contribution in [0.4, 0.5) is 17.6 Å². The second-order valence-corrected chi connectivity index (χ2v) is 3.79. The van der Waals surface area contributed by atoms with Gasteiger partial charge in [0.1, 0.15) is 5.69 Å². The normalized spacial score (nSPS) is 11.2. The van der Waals surface area contributed by atoms with Gasteiger partial charge < -0.3 is 0 Å². The lowest BCUT2D eigenvalue weighted by atomic mass is 10.2. The van der Waals surface area contributed by atoms with Gasteiger partial charge in [-0.05, 0) is 6.07 Å². The summed E-state index contributed by atoms with van der Waals surface area (Å²) in [6.07, 6.45) is 1.34. The minimum atomic E-state index is -1.71. The van der Waals surface area contributed by atoms with Crippen molar-refractivity contribution in [1.82, 2.24) is 14.8 Å². The van der Waals surface area contributed by atoms with Crippen molar-refractivity contribution in [2.45, 2.75) is 0 Å². The number of halogens is 4. The molecule has 0 unspecified atom stereocenters. The molecule has 0 fully saturated rings. The Kier molecular flexibility index (Phi) is 2.48. The van der Waals surface area contributed by atoms with Gasteiger partial charge >= 0.3 is 0 Å². The maximum absolute atomic E-state index is 13.6. The molecule has 0 radical (unpaired) electrons. The lowest BCUT2D eigenvalue weighted by Crippen LogP contribution is -2.10. The van der Waals surface area contributed by atoms with E-state index in [0.29, 0.717) is 10.9 Å². The number of aromatic nitrogens is 3. The highest BCUT2D eigenvalue weighted by molar-refractivity contribution is 5.80. The number of pyridine rings is 1. The number of fused-ring (bicyclic) bond motifs is 1. The average Bonchev–Trinajstić information content (AvgIpc) is 2.81. The topological polar surface area (TPSA) is 30.7 Å². The smallest absolute Gasteiger partial charge is 0.227 e. The molecule has 3 nitrogen and oxygen atoms in total. The Morgan fingerprint density at radius 1 is 0.895 bits per heavy atom. The van der Waals surface area contributed by atoms with Crippen molar-refractivity contribution in [2.75, 3.05) is 0 Å². The number of benzene rings is 1. The quantitative estimate of drug-likeness (QED) is 0.501. The molecule has 0 atom stereocenters. The van der Waals surface area contributed by atoms with Crippen LogP contribution in [0, 0.1) is 23.5 Å². The highest BCUT2D eigenvalue weighted by Crippen LogP contribution is 2.24. The van der Waals surface area contributed by atoms with Gasteiger partial charge in [-0.15, -0.1) is 0 Å². The number of rotatable bonds is 1. The zero-order chi connectivity index (χ0) is 13.6. The Bertz CT molecular complexity index is 756. The molecule has 19 heavy (non-hydrogen) atoms. The molecule has 0 saturated heterocycles. The Morgan fingerprint density at radius 2 is 1.53 bits per heavy atom. The van der Waals surface area contributed by atoms with Crippen molar-refractivity contribution >= 4 is 10.9 Å². The second-order valence-electron chi connectivity index (χ2n) is 3.79. The molecule has 96 valence electrons. The highest BCUT2D eigenvalue weighted by atomic mass is 19.2. The zero-order valence-electron chi connectivity index (χ0n) is 9.24. The van der Waals surface area contributed by atoms with E-state index in [2.05, 4.69) is 10.1 Å². The van der Waals surface area contributed by atoms with Crippen LogP contribution in [-0.2, 0) is 0 Å². The summed E-state index contributed by atoms with van der Waals surface area (Å²) in [6, 6.07) is 6.50. The molecule has 7 heteroatoms. The van der Waals surface area contributed by atoms with Crippen LogP contribution >= 0.6 is 0 Å². The van der Waals surface area contributed by atoms with Crippen LogP contribution in [0.2, 0.25) is 0 Å². The SMILES string of the molecule is Fc1nc(F)c(F)c(-n2ncc3ccccc32)c1F. The molecule has 0 N–H and O–H groups in total. The molecule has 0 aliphatic heterocycles. The molecule has 0 spiro atoms. The van der Waals surface area contributed by atoms with E-state index < -0.39 is 29.2 Å². The molecule has 2 heterocycles. The van der Waals surface area contributed by atoms with E-state index in [1.165, 1.54) is 12.3 Å². The third kappa shape index (κ3) is 1.66. The summed E-state index contributed by atoms with van der Waals surface area (Å²) in [4.78, 5) is 2.50. The standard InChI is InChI=1S/C12H5F4N3/c13-8-10(9(14)12(16)18-11(8)15)19-7-4-2-1-3-6(7)5-17-19/h1-5H. The minimum absolute atomic E-state index is 0.324. The lowest BCUT2D eigenvalue weighted by Gasteiger charge is -2.07. The van der Waals surface area contributed by atoms with Crippen LogP contribution in [0.1, 0.15) is 0 Å². The monoisotopic (exact) mass is 267 g/mol. The van der Waals surface area contributed by atoms with Gasteiger partial charge in [0.2, 0.25) is 11.6 Å². The molecular weight excluding hydrogens is 262 g/mol. The Hall–Kier alpha value is -2.44. The van der Waals surface area contributed by atoms with Crippen LogP contribution in [0.25, 0.3) is 16.6 Å². The van der Waals surface area contributed by atoms with Gasteiger partial charge in [-0.2, -0.15) is 27.6 Å². The summed E-state index contributed by atoms with van der Waals surface area (Å²) in [6.45, 7) is 0. The summed E-state index contributed by atoms with van der Waals surface area (Å²) in [5, 5.41) is 4.33. The van der Waals surface area contributed by atoms with E-state index >= 15 is 0 Å². The first-order valence-corrected chi connectivity index (χ1v) is 5.22. The largest absolute Gasteiger partial charge is 0.254 e. The first-order chi connectivity index (χ1) is 9.09. The van der Waals surface area contributed by atoms with E-state index in [9.17, 15) is 17.6 Å². The number of nitrogens with zero attached hydrogens (tertiary/aromatic N) is 3. The molecule has 0 amide bonds. The Morgan fingerprint density at radius 3 is 2.21 bits per heavy atom. The van der Waals surface area contributed by atoms with Gasteiger partial charge in [-0.1, -0.05) is 18.2 Å². The highest BCUT2D eigenvalue weighted by Gasteiger charge is 2.23. The van der Waals surface area contributed by atoms with Crippen molar-refractivity contribution in [2.24, 2.45) is 0 Å². The average molecular weight is 267 g/mol. The van der Waals surface area contributed by atoms with E-state index in [1.54, 1.807) is 18.2 Å². The molecular formula is C12H5F4N3. The Labute approximate surface area is 104 Å². The third-order valence-corrected chi connectivity index (χ3v) is 2.66. The molecule has 0 aliphatic rings. The third-order valence-electron chi connectivity index (χ3n) is 2.66. The summed E-state index contributed by atoms with van der Waals surface area (Å²) in [5.74, 6) is -6.61. The summed E-state index contributed by atoms with van der Waals surface area (Å²) in [7, 11) is 0. The van der Waals surface area contributed by atoms with Gasteiger partial charge in [0.05, 0.1) is 11.7 Å². The van der Waals surface area contributed by atoms with Gasteiger partial charge in [0.15, 0.2) is 0 Å².